The van der Waals surface area contributed by atoms with Crippen LogP contribution in [0.4, 0.5) is 5.69 Å². The fraction of sp³-hybridized carbons (Fsp3) is 0.292. The van der Waals surface area contributed by atoms with Crippen LogP contribution >= 0.6 is 0 Å². The zero-order valence-electron chi connectivity index (χ0n) is 19.0. The minimum Gasteiger partial charge on any atom is -0.486 e. The van der Waals surface area contributed by atoms with Crippen LogP contribution in [0, 0.1) is 17.0 Å². The van der Waals surface area contributed by atoms with Crippen molar-refractivity contribution in [1.82, 2.24) is 19.1 Å². The van der Waals surface area contributed by atoms with Crippen molar-refractivity contribution in [3.8, 4) is 5.75 Å². The van der Waals surface area contributed by atoms with Crippen molar-refractivity contribution < 1.29 is 9.66 Å². The number of nitro benzene ring substituents is 1. The van der Waals surface area contributed by atoms with Crippen molar-refractivity contribution in [3.05, 3.63) is 96.4 Å². The molecule has 0 amide bonds. The summed E-state index contributed by atoms with van der Waals surface area (Å²) in [5.74, 6) is 0.949. The number of nitrogens with one attached hydrogen (secondary N) is 1. The molecule has 176 valence electrons. The molecule has 0 unspecified atom stereocenters. The highest BCUT2D eigenvalue weighted by Crippen LogP contribution is 2.24. The number of unbranched alkanes of at least 4 members (excludes halogenated alkanes) is 1. The van der Waals surface area contributed by atoms with Gasteiger partial charge in [-0.2, -0.15) is 0 Å². The number of nitro groups is 1. The molecule has 10 heteroatoms. The van der Waals surface area contributed by atoms with Crippen LogP contribution in [-0.2, 0) is 19.7 Å². The van der Waals surface area contributed by atoms with Gasteiger partial charge in [0.2, 0.25) is 0 Å². The lowest BCUT2D eigenvalue weighted by Crippen LogP contribution is -2.31. The average Bonchev–Trinajstić information content (AvgIpc) is 3.18. The number of H-pyrrole nitrogens is 1. The first kappa shape index (κ1) is 23.0. The Hall–Kier alpha value is -4.21. The van der Waals surface area contributed by atoms with Crippen LogP contribution in [0.25, 0.3) is 11.2 Å². The zero-order valence-corrected chi connectivity index (χ0v) is 19.0. The van der Waals surface area contributed by atoms with Crippen LogP contribution < -0.4 is 16.0 Å². The van der Waals surface area contributed by atoms with Gasteiger partial charge in [-0.25, -0.2) is 9.78 Å². The molecule has 0 fully saturated rings. The van der Waals surface area contributed by atoms with E-state index in [2.05, 4.69) is 9.97 Å². The lowest BCUT2D eigenvalue weighted by atomic mass is 10.2. The molecule has 0 radical (unpaired) electrons. The van der Waals surface area contributed by atoms with E-state index in [4.69, 9.17) is 4.74 Å². The van der Waals surface area contributed by atoms with E-state index in [1.807, 2.05) is 37.3 Å². The monoisotopic (exact) mass is 463 g/mol. The van der Waals surface area contributed by atoms with Crippen molar-refractivity contribution in [1.29, 1.82) is 0 Å². The predicted octanol–water partition coefficient (Wildman–Crippen LogP) is 3.53. The molecule has 0 aliphatic carbocycles. The molecule has 0 atom stereocenters. The predicted molar refractivity (Wildman–Crippen MR) is 127 cm³/mol. The first-order chi connectivity index (χ1) is 16.4. The van der Waals surface area contributed by atoms with Gasteiger partial charge in [0.05, 0.1) is 11.5 Å². The summed E-state index contributed by atoms with van der Waals surface area (Å²) in [5, 5.41) is 11.1. The Balaban J connectivity index is 1.75. The number of aromatic nitrogens is 4. The molecule has 4 rings (SSSR count). The maximum absolute atomic E-state index is 12.8. The lowest BCUT2D eigenvalue weighted by molar-refractivity contribution is -0.385. The number of hydrogen-bond acceptors (Lipinski definition) is 6. The molecule has 0 saturated carbocycles. The third-order valence-corrected chi connectivity index (χ3v) is 5.62. The van der Waals surface area contributed by atoms with Gasteiger partial charge in [-0.05, 0) is 31.0 Å². The summed E-state index contributed by atoms with van der Waals surface area (Å²) < 4.78 is 9.12. The highest BCUT2D eigenvalue weighted by Gasteiger charge is 2.19. The van der Waals surface area contributed by atoms with Crippen molar-refractivity contribution >= 4 is 16.9 Å². The van der Waals surface area contributed by atoms with Crippen molar-refractivity contribution in [2.45, 2.75) is 46.4 Å². The molecular formula is C24H25N5O5. The zero-order chi connectivity index (χ0) is 24.2. The number of fused-ring (bicyclic) bond motifs is 1. The van der Waals surface area contributed by atoms with Gasteiger partial charge in [-0.3, -0.25) is 24.5 Å². The molecule has 34 heavy (non-hydrogen) atoms. The van der Waals surface area contributed by atoms with Crippen LogP contribution in [0.1, 0.15) is 36.7 Å². The fourth-order valence-corrected chi connectivity index (χ4v) is 3.87. The normalized spacial score (nSPS) is 11.1. The first-order valence-electron chi connectivity index (χ1n) is 11.0. The molecule has 2 heterocycles. The van der Waals surface area contributed by atoms with Gasteiger partial charge in [0.1, 0.15) is 18.2 Å². The van der Waals surface area contributed by atoms with Gasteiger partial charge in [-0.15, -0.1) is 0 Å². The van der Waals surface area contributed by atoms with Gasteiger partial charge in [0, 0.05) is 18.2 Å². The third-order valence-electron chi connectivity index (χ3n) is 5.62. The smallest absolute Gasteiger partial charge is 0.330 e. The van der Waals surface area contributed by atoms with Crippen molar-refractivity contribution in [2.75, 3.05) is 0 Å². The Bertz CT molecular complexity index is 1450. The largest absolute Gasteiger partial charge is 0.486 e. The minimum atomic E-state index is -0.528. The number of nitrogens with zero attached hydrogens (tertiary/aromatic N) is 4. The molecule has 0 saturated heterocycles. The third kappa shape index (κ3) is 4.61. The first-order valence-corrected chi connectivity index (χ1v) is 11.0. The molecule has 2 aromatic heterocycles. The summed E-state index contributed by atoms with van der Waals surface area (Å²) in [6.45, 7) is 4.53. The average molecular weight is 463 g/mol. The molecule has 0 bridgehead atoms. The minimum absolute atomic E-state index is 0.0130. The van der Waals surface area contributed by atoms with Crippen molar-refractivity contribution in [3.63, 3.8) is 0 Å². The summed E-state index contributed by atoms with van der Waals surface area (Å²) in [7, 11) is 0. The Morgan fingerprint density at radius 3 is 2.56 bits per heavy atom. The van der Waals surface area contributed by atoms with Crippen LogP contribution in [0.5, 0.6) is 5.75 Å². The van der Waals surface area contributed by atoms with Gasteiger partial charge in [0.15, 0.2) is 11.2 Å². The number of ether oxygens (including phenoxy) is 1. The van der Waals surface area contributed by atoms with E-state index < -0.39 is 16.2 Å². The molecule has 4 aromatic rings. The number of aryl methyl sites for hydroxylation is 2. The summed E-state index contributed by atoms with van der Waals surface area (Å²) in [4.78, 5) is 43.1. The van der Waals surface area contributed by atoms with E-state index in [0.717, 1.165) is 18.4 Å². The van der Waals surface area contributed by atoms with Crippen LogP contribution in [0.2, 0.25) is 0 Å². The molecule has 0 aliphatic heterocycles. The number of rotatable bonds is 9. The second-order valence-electron chi connectivity index (χ2n) is 8.03. The number of imidazole rings is 1. The second kappa shape index (κ2) is 9.74. The SMILES string of the molecule is CCCCn1c(COc2ccc([N+](=O)[O-])c(C)c2)nc2c1c(=O)[nH]c(=O)n2Cc1ccccc1. The van der Waals surface area contributed by atoms with Gasteiger partial charge in [-0.1, -0.05) is 43.7 Å². The summed E-state index contributed by atoms with van der Waals surface area (Å²) >= 11 is 0. The molecular weight excluding hydrogens is 438 g/mol. The summed E-state index contributed by atoms with van der Waals surface area (Å²) in [6.07, 6.45) is 1.72. The molecule has 2 aromatic carbocycles. The Labute approximate surface area is 194 Å². The Morgan fingerprint density at radius 1 is 1.12 bits per heavy atom. The number of hydrogen-bond donors (Lipinski definition) is 1. The van der Waals surface area contributed by atoms with Gasteiger partial charge in [0.25, 0.3) is 11.2 Å². The van der Waals surface area contributed by atoms with Gasteiger partial charge >= 0.3 is 5.69 Å². The van der Waals surface area contributed by atoms with E-state index in [0.29, 0.717) is 34.8 Å². The maximum Gasteiger partial charge on any atom is 0.330 e. The highest BCUT2D eigenvalue weighted by molar-refractivity contribution is 5.71. The van der Waals surface area contributed by atoms with Crippen LogP contribution in [-0.4, -0.2) is 24.0 Å². The molecule has 0 spiro atoms. The molecule has 1 N–H and O–H groups in total. The Morgan fingerprint density at radius 2 is 1.88 bits per heavy atom. The highest BCUT2D eigenvalue weighted by atomic mass is 16.6. The topological polar surface area (TPSA) is 125 Å². The molecule has 10 nitrogen and oxygen atoms in total. The number of aromatic amines is 1. The molecule has 0 aliphatic rings. The van der Waals surface area contributed by atoms with Crippen molar-refractivity contribution in [2.24, 2.45) is 0 Å². The fourth-order valence-electron chi connectivity index (χ4n) is 3.87. The van der Waals surface area contributed by atoms with E-state index >= 15 is 0 Å². The standard InChI is InChI=1S/C24H25N5O5/c1-3-4-12-27-20(15-34-18-10-11-19(29(32)33)16(2)13-18)25-22-21(27)23(30)26-24(31)28(22)14-17-8-6-5-7-9-17/h5-11,13H,3-4,12,14-15H2,1-2H3,(H,26,30,31). The van der Waals surface area contributed by atoms with Crippen LogP contribution in [0.15, 0.2) is 58.1 Å². The number of benzene rings is 2. The van der Waals surface area contributed by atoms with E-state index in [9.17, 15) is 19.7 Å². The summed E-state index contributed by atoms with van der Waals surface area (Å²) in [5.41, 5.74) is 0.995. The quantitative estimate of drug-likeness (QED) is 0.299. The second-order valence-corrected chi connectivity index (χ2v) is 8.03. The van der Waals surface area contributed by atoms with E-state index in [-0.39, 0.29) is 18.8 Å². The lowest BCUT2D eigenvalue weighted by Gasteiger charge is -2.10. The van der Waals surface area contributed by atoms with Gasteiger partial charge < -0.3 is 9.30 Å². The Kier molecular flexibility index (Phi) is 6.58. The van der Waals surface area contributed by atoms with Crippen LogP contribution in [0.3, 0.4) is 0 Å². The maximum atomic E-state index is 12.8. The van der Waals surface area contributed by atoms with E-state index in [1.165, 1.54) is 16.7 Å². The van der Waals surface area contributed by atoms with E-state index in [1.54, 1.807) is 17.6 Å². The summed E-state index contributed by atoms with van der Waals surface area (Å²) in [6, 6.07) is 14.0.